The number of rotatable bonds is 3. The van der Waals surface area contributed by atoms with Crippen LogP contribution in [0, 0.1) is 17.0 Å². The standard InChI is InChI=1S/C18H12F3N3O2/c1-11-4-2-3-5-14(11)17-22-10-15(18(19,20)21)16(23-17)12-6-8-13(9-7-12)24(25)26/h2-10H,1H3. The van der Waals surface area contributed by atoms with Gasteiger partial charge in [0.2, 0.25) is 0 Å². The Bertz CT molecular complexity index is 970. The molecule has 0 amide bonds. The number of hydrogen-bond donors (Lipinski definition) is 0. The Balaban J connectivity index is 2.19. The summed E-state index contributed by atoms with van der Waals surface area (Å²) in [6.07, 6.45) is -3.91. The Labute approximate surface area is 146 Å². The Morgan fingerprint density at radius 2 is 1.69 bits per heavy atom. The van der Waals surface area contributed by atoms with Gasteiger partial charge in [-0.2, -0.15) is 13.2 Å². The van der Waals surface area contributed by atoms with Gasteiger partial charge in [-0.15, -0.1) is 0 Å². The van der Waals surface area contributed by atoms with Crippen LogP contribution in [-0.2, 0) is 6.18 Å². The number of alkyl halides is 3. The quantitative estimate of drug-likeness (QED) is 0.485. The van der Waals surface area contributed by atoms with Crippen LogP contribution in [-0.4, -0.2) is 14.9 Å². The third-order valence-electron chi connectivity index (χ3n) is 3.83. The highest BCUT2D eigenvalue weighted by molar-refractivity contribution is 5.69. The number of aryl methyl sites for hydroxylation is 1. The third-order valence-corrected chi connectivity index (χ3v) is 3.83. The van der Waals surface area contributed by atoms with Gasteiger partial charge in [0.25, 0.3) is 5.69 Å². The van der Waals surface area contributed by atoms with Gasteiger partial charge in [0.05, 0.1) is 10.6 Å². The number of benzene rings is 2. The first-order chi connectivity index (χ1) is 12.3. The summed E-state index contributed by atoms with van der Waals surface area (Å²) in [5.41, 5.74) is 0.0336. The summed E-state index contributed by atoms with van der Waals surface area (Å²) in [5, 5.41) is 10.8. The molecule has 26 heavy (non-hydrogen) atoms. The van der Waals surface area contributed by atoms with Crippen molar-refractivity contribution in [3.8, 4) is 22.6 Å². The van der Waals surface area contributed by atoms with Gasteiger partial charge < -0.3 is 0 Å². The van der Waals surface area contributed by atoms with E-state index in [0.29, 0.717) is 5.56 Å². The topological polar surface area (TPSA) is 68.9 Å². The first-order valence-electron chi connectivity index (χ1n) is 7.52. The summed E-state index contributed by atoms with van der Waals surface area (Å²) < 4.78 is 40.1. The largest absolute Gasteiger partial charge is 0.419 e. The molecule has 0 saturated heterocycles. The van der Waals surface area contributed by atoms with E-state index in [4.69, 9.17) is 0 Å². The van der Waals surface area contributed by atoms with E-state index in [1.165, 1.54) is 12.1 Å². The predicted octanol–water partition coefficient (Wildman–Crippen LogP) is 5.05. The Morgan fingerprint density at radius 3 is 2.27 bits per heavy atom. The van der Waals surface area contributed by atoms with Crippen molar-refractivity contribution >= 4 is 5.69 Å². The van der Waals surface area contributed by atoms with Gasteiger partial charge in [0.1, 0.15) is 5.56 Å². The number of nitro groups is 1. The summed E-state index contributed by atoms with van der Waals surface area (Å²) in [7, 11) is 0. The van der Waals surface area contributed by atoms with Gasteiger partial charge >= 0.3 is 6.18 Å². The number of aromatic nitrogens is 2. The molecule has 3 rings (SSSR count). The maximum absolute atomic E-state index is 13.4. The second kappa shape index (κ2) is 6.55. The van der Waals surface area contributed by atoms with Gasteiger partial charge in [-0.1, -0.05) is 24.3 Å². The predicted molar refractivity (Wildman–Crippen MR) is 89.3 cm³/mol. The van der Waals surface area contributed by atoms with Crippen molar-refractivity contribution in [2.45, 2.75) is 13.1 Å². The summed E-state index contributed by atoms with van der Waals surface area (Å²) in [6.45, 7) is 1.81. The fourth-order valence-corrected chi connectivity index (χ4v) is 2.50. The minimum absolute atomic E-state index is 0.125. The average Bonchev–Trinajstić information content (AvgIpc) is 2.61. The monoisotopic (exact) mass is 359 g/mol. The Hall–Kier alpha value is -3.29. The van der Waals surface area contributed by atoms with Crippen LogP contribution < -0.4 is 0 Å². The van der Waals surface area contributed by atoms with Gasteiger partial charge in [0.15, 0.2) is 5.82 Å². The van der Waals surface area contributed by atoms with E-state index < -0.39 is 16.7 Å². The first-order valence-corrected chi connectivity index (χ1v) is 7.52. The fraction of sp³-hybridized carbons (Fsp3) is 0.111. The molecule has 0 unspecified atom stereocenters. The van der Waals surface area contributed by atoms with E-state index in [-0.39, 0.29) is 22.8 Å². The van der Waals surface area contributed by atoms with Crippen molar-refractivity contribution < 1.29 is 18.1 Å². The smallest absolute Gasteiger partial charge is 0.258 e. The van der Waals surface area contributed by atoms with Crippen LogP contribution in [0.3, 0.4) is 0 Å². The zero-order valence-electron chi connectivity index (χ0n) is 13.5. The molecule has 0 spiro atoms. The second-order valence-electron chi connectivity index (χ2n) is 5.57. The molecule has 0 radical (unpaired) electrons. The number of halogens is 3. The molecule has 0 aliphatic rings. The molecule has 0 fully saturated rings. The number of hydrogen-bond acceptors (Lipinski definition) is 4. The van der Waals surface area contributed by atoms with Crippen molar-refractivity contribution in [1.82, 2.24) is 9.97 Å². The molecular weight excluding hydrogens is 347 g/mol. The minimum Gasteiger partial charge on any atom is -0.258 e. The van der Waals surface area contributed by atoms with Crippen LogP contribution in [0.25, 0.3) is 22.6 Å². The Morgan fingerprint density at radius 1 is 1.04 bits per heavy atom. The van der Waals surface area contributed by atoms with Crippen LogP contribution in [0.4, 0.5) is 18.9 Å². The van der Waals surface area contributed by atoms with Crippen LogP contribution in [0.1, 0.15) is 11.1 Å². The SMILES string of the molecule is Cc1ccccc1-c1ncc(C(F)(F)F)c(-c2ccc([N+](=O)[O-])cc2)n1. The zero-order chi connectivity index (χ0) is 18.9. The second-order valence-corrected chi connectivity index (χ2v) is 5.57. The molecule has 0 aliphatic carbocycles. The van der Waals surface area contributed by atoms with E-state index in [9.17, 15) is 23.3 Å². The fourth-order valence-electron chi connectivity index (χ4n) is 2.50. The molecule has 2 aromatic carbocycles. The maximum Gasteiger partial charge on any atom is 0.419 e. The third kappa shape index (κ3) is 3.39. The van der Waals surface area contributed by atoms with E-state index in [2.05, 4.69) is 9.97 Å². The molecular formula is C18H12F3N3O2. The molecule has 0 aliphatic heterocycles. The van der Waals surface area contributed by atoms with E-state index >= 15 is 0 Å². The zero-order valence-corrected chi connectivity index (χ0v) is 13.5. The number of nitro benzene ring substituents is 1. The van der Waals surface area contributed by atoms with E-state index in [1.807, 2.05) is 13.0 Å². The lowest BCUT2D eigenvalue weighted by Gasteiger charge is -2.13. The van der Waals surface area contributed by atoms with E-state index in [1.54, 1.807) is 18.2 Å². The van der Waals surface area contributed by atoms with Crippen LogP contribution in [0.2, 0.25) is 0 Å². The molecule has 8 heteroatoms. The highest BCUT2D eigenvalue weighted by Gasteiger charge is 2.35. The van der Waals surface area contributed by atoms with Crippen LogP contribution in [0.15, 0.2) is 54.7 Å². The lowest BCUT2D eigenvalue weighted by Crippen LogP contribution is -2.10. The lowest BCUT2D eigenvalue weighted by atomic mass is 10.0. The van der Waals surface area contributed by atoms with Gasteiger partial charge in [0, 0.05) is 29.5 Å². The molecule has 0 N–H and O–H groups in total. The van der Waals surface area contributed by atoms with Crippen molar-refractivity contribution in [3.05, 3.63) is 76.0 Å². The number of non-ortho nitro benzene ring substituents is 1. The molecule has 1 aromatic heterocycles. The van der Waals surface area contributed by atoms with Crippen molar-refractivity contribution in [2.24, 2.45) is 0 Å². The highest BCUT2D eigenvalue weighted by Crippen LogP contribution is 2.37. The summed E-state index contributed by atoms with van der Waals surface area (Å²) in [6, 6.07) is 11.9. The maximum atomic E-state index is 13.4. The molecule has 1 heterocycles. The van der Waals surface area contributed by atoms with Crippen molar-refractivity contribution in [2.75, 3.05) is 0 Å². The summed E-state index contributed by atoms with van der Waals surface area (Å²) >= 11 is 0. The van der Waals surface area contributed by atoms with Gasteiger partial charge in [-0.3, -0.25) is 10.1 Å². The van der Waals surface area contributed by atoms with Gasteiger partial charge in [-0.25, -0.2) is 9.97 Å². The number of nitrogens with zero attached hydrogens (tertiary/aromatic N) is 3. The van der Waals surface area contributed by atoms with Crippen molar-refractivity contribution in [1.29, 1.82) is 0 Å². The molecule has 0 atom stereocenters. The lowest BCUT2D eigenvalue weighted by molar-refractivity contribution is -0.384. The summed E-state index contributed by atoms with van der Waals surface area (Å²) in [4.78, 5) is 18.1. The molecule has 3 aromatic rings. The highest BCUT2D eigenvalue weighted by atomic mass is 19.4. The van der Waals surface area contributed by atoms with Crippen LogP contribution >= 0.6 is 0 Å². The first kappa shape index (κ1) is 17.5. The Kier molecular flexibility index (Phi) is 4.41. The van der Waals surface area contributed by atoms with E-state index in [0.717, 1.165) is 23.9 Å². The van der Waals surface area contributed by atoms with Gasteiger partial charge in [-0.05, 0) is 24.6 Å². The summed E-state index contributed by atoms with van der Waals surface area (Å²) in [5.74, 6) is 0.157. The molecule has 5 nitrogen and oxygen atoms in total. The normalized spacial score (nSPS) is 11.4. The minimum atomic E-state index is -4.65. The average molecular weight is 359 g/mol. The molecule has 0 bridgehead atoms. The molecule has 0 saturated carbocycles. The van der Waals surface area contributed by atoms with Crippen LogP contribution in [0.5, 0.6) is 0 Å². The molecule has 132 valence electrons. The van der Waals surface area contributed by atoms with Crippen molar-refractivity contribution in [3.63, 3.8) is 0 Å².